The van der Waals surface area contributed by atoms with Crippen LogP contribution in [0.15, 0.2) is 45.7 Å². The highest BCUT2D eigenvalue weighted by molar-refractivity contribution is 9.10. The maximum atomic E-state index is 5.11. The number of nitrogens with zero attached hydrogens (tertiary/aromatic N) is 1. The molecule has 0 bridgehead atoms. The molecular formula is C18H23BrN2O. The van der Waals surface area contributed by atoms with Gasteiger partial charge < -0.3 is 9.84 Å². The van der Waals surface area contributed by atoms with Crippen LogP contribution in [0.5, 0.6) is 0 Å². The second-order valence-corrected chi connectivity index (χ2v) is 7.26. The summed E-state index contributed by atoms with van der Waals surface area (Å²) in [5.74, 6) is 0.774. The topological polar surface area (TPSA) is 38.1 Å². The predicted molar refractivity (Wildman–Crippen MR) is 91.7 cm³/mol. The van der Waals surface area contributed by atoms with E-state index >= 15 is 0 Å². The minimum Gasteiger partial charge on any atom is -0.364 e. The Balaban J connectivity index is 1.85. The Kier molecular flexibility index (Phi) is 4.99. The first-order chi connectivity index (χ1) is 10.7. The quantitative estimate of drug-likeness (QED) is 0.824. The fourth-order valence-electron chi connectivity index (χ4n) is 3.41. The zero-order valence-electron chi connectivity index (χ0n) is 13.0. The zero-order valence-corrected chi connectivity index (χ0v) is 14.6. The SMILES string of the molecule is CC(NCC1CCCCC1)(c1cnoc1)c1ccccc1Br. The third-order valence-corrected chi connectivity index (χ3v) is 5.58. The Morgan fingerprint density at radius 3 is 2.73 bits per heavy atom. The van der Waals surface area contributed by atoms with Crippen LogP contribution in [0.1, 0.15) is 50.2 Å². The fraction of sp³-hybridized carbons (Fsp3) is 0.500. The molecule has 0 aliphatic heterocycles. The first kappa shape index (κ1) is 15.8. The Morgan fingerprint density at radius 2 is 2.05 bits per heavy atom. The molecule has 0 spiro atoms. The molecule has 1 aromatic carbocycles. The molecule has 1 saturated carbocycles. The summed E-state index contributed by atoms with van der Waals surface area (Å²) in [5.41, 5.74) is 1.99. The summed E-state index contributed by atoms with van der Waals surface area (Å²) in [6.45, 7) is 3.24. The molecule has 1 aliphatic rings. The summed E-state index contributed by atoms with van der Waals surface area (Å²) in [5, 5.41) is 7.70. The van der Waals surface area contributed by atoms with Gasteiger partial charge in [0.2, 0.25) is 0 Å². The minimum absolute atomic E-state index is 0.294. The van der Waals surface area contributed by atoms with E-state index in [1.165, 1.54) is 37.7 Å². The Labute approximate surface area is 140 Å². The van der Waals surface area contributed by atoms with E-state index in [9.17, 15) is 0 Å². The standard InChI is InChI=1S/C18H23BrN2O/c1-18(15-12-21-22-13-15,16-9-5-6-10-17(16)19)20-11-14-7-3-2-4-8-14/h5-6,9-10,12-14,20H,2-4,7-8,11H2,1H3. The number of aromatic nitrogens is 1. The van der Waals surface area contributed by atoms with Gasteiger partial charge in [-0.2, -0.15) is 0 Å². The molecule has 1 aliphatic carbocycles. The van der Waals surface area contributed by atoms with Gasteiger partial charge in [-0.05, 0) is 43.9 Å². The summed E-state index contributed by atoms with van der Waals surface area (Å²) < 4.78 is 6.21. The normalized spacial score (nSPS) is 19.0. The summed E-state index contributed by atoms with van der Waals surface area (Å²) in [6.07, 6.45) is 10.4. The van der Waals surface area contributed by atoms with Gasteiger partial charge in [0.1, 0.15) is 6.26 Å². The highest BCUT2D eigenvalue weighted by atomic mass is 79.9. The third kappa shape index (κ3) is 3.28. The largest absolute Gasteiger partial charge is 0.364 e. The van der Waals surface area contributed by atoms with Crippen LogP contribution in [0.4, 0.5) is 0 Å². The van der Waals surface area contributed by atoms with E-state index in [4.69, 9.17) is 4.52 Å². The van der Waals surface area contributed by atoms with Gasteiger partial charge in [-0.15, -0.1) is 0 Å². The van der Waals surface area contributed by atoms with Crippen molar-refractivity contribution >= 4 is 15.9 Å². The van der Waals surface area contributed by atoms with Crippen LogP contribution in [0, 0.1) is 5.92 Å². The first-order valence-corrected chi connectivity index (χ1v) is 8.89. The van der Waals surface area contributed by atoms with Crippen LogP contribution in [0.25, 0.3) is 0 Å². The summed E-state index contributed by atoms with van der Waals surface area (Å²) >= 11 is 3.69. The molecular weight excluding hydrogens is 340 g/mol. The number of hydrogen-bond donors (Lipinski definition) is 1. The number of rotatable bonds is 5. The molecule has 1 aromatic heterocycles. The summed E-state index contributed by atoms with van der Waals surface area (Å²) in [7, 11) is 0. The first-order valence-electron chi connectivity index (χ1n) is 8.10. The van der Waals surface area contributed by atoms with Crippen LogP contribution in [-0.4, -0.2) is 11.7 Å². The van der Waals surface area contributed by atoms with E-state index in [1.54, 1.807) is 6.26 Å². The van der Waals surface area contributed by atoms with E-state index in [0.717, 1.165) is 22.5 Å². The molecule has 118 valence electrons. The molecule has 0 saturated heterocycles. The molecule has 4 heteroatoms. The van der Waals surface area contributed by atoms with Gasteiger partial charge >= 0.3 is 0 Å². The lowest BCUT2D eigenvalue weighted by Gasteiger charge is -2.34. The second kappa shape index (κ2) is 6.97. The minimum atomic E-state index is -0.294. The lowest BCUT2D eigenvalue weighted by atomic mass is 9.84. The zero-order chi connectivity index (χ0) is 15.4. The monoisotopic (exact) mass is 362 g/mol. The summed E-state index contributed by atoms with van der Waals surface area (Å²) in [6, 6.07) is 8.37. The number of hydrogen-bond acceptors (Lipinski definition) is 3. The maximum absolute atomic E-state index is 5.11. The van der Waals surface area contributed by atoms with Crippen molar-refractivity contribution in [3.8, 4) is 0 Å². The number of halogens is 1. The lowest BCUT2D eigenvalue weighted by molar-refractivity contribution is 0.305. The second-order valence-electron chi connectivity index (χ2n) is 6.40. The van der Waals surface area contributed by atoms with E-state index < -0.39 is 0 Å². The molecule has 0 amide bonds. The smallest absolute Gasteiger partial charge is 0.129 e. The van der Waals surface area contributed by atoms with Crippen LogP contribution < -0.4 is 5.32 Å². The highest BCUT2D eigenvalue weighted by Crippen LogP contribution is 2.35. The molecule has 1 N–H and O–H groups in total. The van der Waals surface area contributed by atoms with Crippen molar-refractivity contribution in [3.05, 3.63) is 52.3 Å². The van der Waals surface area contributed by atoms with Crippen molar-refractivity contribution < 1.29 is 4.52 Å². The van der Waals surface area contributed by atoms with Gasteiger partial charge in [-0.1, -0.05) is 58.5 Å². The van der Waals surface area contributed by atoms with Crippen molar-refractivity contribution in [3.63, 3.8) is 0 Å². The van der Waals surface area contributed by atoms with Gasteiger partial charge in [-0.3, -0.25) is 0 Å². The van der Waals surface area contributed by atoms with Gasteiger partial charge in [0.05, 0.1) is 11.7 Å². The molecule has 22 heavy (non-hydrogen) atoms. The third-order valence-electron chi connectivity index (χ3n) is 4.89. The maximum Gasteiger partial charge on any atom is 0.129 e. The molecule has 1 heterocycles. The number of nitrogens with one attached hydrogen (secondary N) is 1. The van der Waals surface area contributed by atoms with Crippen LogP contribution in [0.3, 0.4) is 0 Å². The van der Waals surface area contributed by atoms with Crippen LogP contribution in [0.2, 0.25) is 0 Å². The highest BCUT2D eigenvalue weighted by Gasteiger charge is 2.32. The summed E-state index contributed by atoms with van der Waals surface area (Å²) in [4.78, 5) is 0. The van der Waals surface area contributed by atoms with Crippen molar-refractivity contribution in [2.75, 3.05) is 6.54 Å². The van der Waals surface area contributed by atoms with Gasteiger partial charge in [-0.25, -0.2) is 0 Å². The molecule has 1 atom stereocenters. The van der Waals surface area contributed by atoms with E-state index in [1.807, 2.05) is 12.3 Å². The van der Waals surface area contributed by atoms with Crippen LogP contribution >= 0.6 is 15.9 Å². The Bertz CT molecular complexity index is 593. The van der Waals surface area contributed by atoms with E-state index in [2.05, 4.69) is 51.5 Å². The van der Waals surface area contributed by atoms with Crippen molar-refractivity contribution in [2.24, 2.45) is 5.92 Å². The average Bonchev–Trinajstić information content (AvgIpc) is 3.09. The molecule has 3 nitrogen and oxygen atoms in total. The molecule has 2 aromatic rings. The molecule has 0 radical (unpaired) electrons. The number of benzene rings is 1. The van der Waals surface area contributed by atoms with Gasteiger partial charge in [0.15, 0.2) is 0 Å². The van der Waals surface area contributed by atoms with Crippen molar-refractivity contribution in [2.45, 2.75) is 44.6 Å². The Morgan fingerprint density at radius 1 is 1.27 bits per heavy atom. The van der Waals surface area contributed by atoms with E-state index in [0.29, 0.717) is 0 Å². The van der Waals surface area contributed by atoms with Crippen molar-refractivity contribution in [1.29, 1.82) is 0 Å². The van der Waals surface area contributed by atoms with Gasteiger partial charge in [0, 0.05) is 10.0 Å². The van der Waals surface area contributed by atoms with Crippen LogP contribution in [-0.2, 0) is 5.54 Å². The van der Waals surface area contributed by atoms with Gasteiger partial charge in [0.25, 0.3) is 0 Å². The molecule has 1 unspecified atom stereocenters. The molecule has 1 fully saturated rings. The predicted octanol–water partition coefficient (Wildman–Crippen LogP) is 4.87. The van der Waals surface area contributed by atoms with Crippen molar-refractivity contribution in [1.82, 2.24) is 10.5 Å². The Hall–Kier alpha value is -1.13. The molecule has 3 rings (SSSR count). The van der Waals surface area contributed by atoms with E-state index in [-0.39, 0.29) is 5.54 Å². The lowest BCUT2D eigenvalue weighted by Crippen LogP contribution is -2.43. The fourth-order valence-corrected chi connectivity index (χ4v) is 4.09. The average molecular weight is 363 g/mol.